The van der Waals surface area contributed by atoms with E-state index in [1.165, 1.54) is 12.1 Å². The SMILES string of the molecule is Cc1coc2cc3oc(=O)c(CCC(=O)Nc4ccc(Br)cc4F)c(C)c3cc12. The first-order valence-corrected chi connectivity index (χ1v) is 9.82. The van der Waals surface area contributed by atoms with Crippen LogP contribution in [0.15, 0.2) is 54.7 Å². The maximum atomic E-state index is 13.9. The molecule has 1 N–H and O–H groups in total. The molecule has 0 bridgehead atoms. The van der Waals surface area contributed by atoms with Crippen molar-refractivity contribution in [2.45, 2.75) is 26.7 Å². The normalized spacial score (nSPS) is 11.3. The van der Waals surface area contributed by atoms with Gasteiger partial charge in [0.1, 0.15) is 17.0 Å². The zero-order valence-electron chi connectivity index (χ0n) is 15.8. The van der Waals surface area contributed by atoms with Crippen molar-refractivity contribution < 1.29 is 18.0 Å². The van der Waals surface area contributed by atoms with Crippen LogP contribution in [0.2, 0.25) is 0 Å². The monoisotopic (exact) mass is 457 g/mol. The molecule has 4 rings (SSSR count). The molecule has 0 fully saturated rings. The summed E-state index contributed by atoms with van der Waals surface area (Å²) in [5.41, 5.74) is 2.90. The van der Waals surface area contributed by atoms with Gasteiger partial charge >= 0.3 is 5.63 Å². The molecule has 2 heterocycles. The Morgan fingerprint density at radius 2 is 1.93 bits per heavy atom. The van der Waals surface area contributed by atoms with E-state index < -0.39 is 11.4 Å². The zero-order valence-corrected chi connectivity index (χ0v) is 17.4. The molecular weight excluding hydrogens is 441 g/mol. The summed E-state index contributed by atoms with van der Waals surface area (Å²) in [5.74, 6) is -0.917. The number of halogens is 2. The number of hydrogen-bond donors (Lipinski definition) is 1. The molecule has 7 heteroatoms. The Morgan fingerprint density at radius 1 is 1.14 bits per heavy atom. The minimum absolute atomic E-state index is 0.0274. The van der Waals surface area contributed by atoms with Crippen molar-refractivity contribution in [3.63, 3.8) is 0 Å². The van der Waals surface area contributed by atoms with Crippen LogP contribution in [0.5, 0.6) is 0 Å². The highest BCUT2D eigenvalue weighted by atomic mass is 79.9. The predicted molar refractivity (Wildman–Crippen MR) is 113 cm³/mol. The second-order valence-corrected chi connectivity index (χ2v) is 7.84. The smallest absolute Gasteiger partial charge is 0.339 e. The first-order chi connectivity index (χ1) is 13.8. The Kier molecular flexibility index (Phi) is 5.00. The Hall–Kier alpha value is -2.93. The summed E-state index contributed by atoms with van der Waals surface area (Å²) >= 11 is 3.17. The van der Waals surface area contributed by atoms with Crippen molar-refractivity contribution in [2.24, 2.45) is 0 Å². The van der Waals surface area contributed by atoms with Gasteiger partial charge in [-0.1, -0.05) is 15.9 Å². The lowest BCUT2D eigenvalue weighted by Crippen LogP contribution is -2.17. The van der Waals surface area contributed by atoms with E-state index in [0.29, 0.717) is 21.2 Å². The molecule has 0 radical (unpaired) electrons. The molecule has 2 aromatic carbocycles. The van der Waals surface area contributed by atoms with Gasteiger partial charge in [-0.3, -0.25) is 4.79 Å². The maximum absolute atomic E-state index is 13.9. The first-order valence-electron chi connectivity index (χ1n) is 9.02. The van der Waals surface area contributed by atoms with Crippen molar-refractivity contribution in [1.29, 1.82) is 0 Å². The predicted octanol–water partition coefficient (Wildman–Crippen LogP) is 5.63. The number of furan rings is 1. The minimum atomic E-state index is -0.534. The summed E-state index contributed by atoms with van der Waals surface area (Å²) in [6.07, 6.45) is 1.87. The molecule has 0 spiro atoms. The highest BCUT2D eigenvalue weighted by Crippen LogP contribution is 2.29. The van der Waals surface area contributed by atoms with Gasteiger partial charge in [-0.15, -0.1) is 0 Å². The van der Waals surface area contributed by atoms with Crippen LogP contribution < -0.4 is 10.9 Å². The number of anilines is 1. The van der Waals surface area contributed by atoms with Crippen molar-refractivity contribution >= 4 is 49.5 Å². The van der Waals surface area contributed by atoms with Crippen molar-refractivity contribution in [3.8, 4) is 0 Å². The van der Waals surface area contributed by atoms with Crippen LogP contribution in [-0.2, 0) is 11.2 Å². The molecule has 4 aromatic rings. The number of carbonyl (C=O) groups is 1. The summed E-state index contributed by atoms with van der Waals surface area (Å²) in [7, 11) is 0. The number of amides is 1. The number of aryl methyl sites for hydroxylation is 2. The number of fused-ring (bicyclic) bond motifs is 2. The van der Waals surface area contributed by atoms with E-state index in [1.54, 1.807) is 18.4 Å². The summed E-state index contributed by atoms with van der Waals surface area (Å²) in [6, 6.07) is 8.03. The molecule has 0 saturated heterocycles. The maximum Gasteiger partial charge on any atom is 0.339 e. The molecule has 29 heavy (non-hydrogen) atoms. The molecule has 148 valence electrons. The number of carbonyl (C=O) groups excluding carboxylic acids is 1. The zero-order chi connectivity index (χ0) is 20.7. The molecule has 0 aliphatic heterocycles. The molecule has 0 atom stereocenters. The number of nitrogens with one attached hydrogen (secondary N) is 1. The third-order valence-corrected chi connectivity index (χ3v) is 5.48. The number of rotatable bonds is 4. The Balaban J connectivity index is 1.60. The highest BCUT2D eigenvalue weighted by molar-refractivity contribution is 9.10. The van der Waals surface area contributed by atoms with E-state index in [1.807, 2.05) is 19.9 Å². The lowest BCUT2D eigenvalue weighted by molar-refractivity contribution is -0.116. The Bertz CT molecular complexity index is 1320. The van der Waals surface area contributed by atoms with Gasteiger partial charge in [-0.2, -0.15) is 0 Å². The van der Waals surface area contributed by atoms with Gasteiger partial charge in [0.05, 0.1) is 12.0 Å². The second-order valence-electron chi connectivity index (χ2n) is 6.93. The van der Waals surface area contributed by atoms with Crippen molar-refractivity contribution in [2.75, 3.05) is 5.32 Å². The van der Waals surface area contributed by atoms with Crippen molar-refractivity contribution in [3.05, 3.63) is 74.0 Å². The lowest BCUT2D eigenvalue weighted by Gasteiger charge is -2.09. The molecular formula is C22H17BrFNO4. The third kappa shape index (κ3) is 3.70. The van der Waals surface area contributed by atoms with Gasteiger partial charge in [0, 0.05) is 33.3 Å². The van der Waals surface area contributed by atoms with E-state index in [0.717, 1.165) is 21.9 Å². The van der Waals surface area contributed by atoms with E-state index in [2.05, 4.69) is 21.2 Å². The summed E-state index contributed by atoms with van der Waals surface area (Å²) in [5, 5.41) is 4.28. The van der Waals surface area contributed by atoms with Crippen LogP contribution in [0, 0.1) is 19.7 Å². The molecule has 0 saturated carbocycles. The minimum Gasteiger partial charge on any atom is -0.464 e. The van der Waals surface area contributed by atoms with E-state index in [-0.39, 0.29) is 24.4 Å². The average molecular weight is 458 g/mol. The number of hydrogen-bond acceptors (Lipinski definition) is 4. The largest absolute Gasteiger partial charge is 0.464 e. The van der Waals surface area contributed by atoms with Gasteiger partial charge in [-0.05, 0) is 55.7 Å². The second kappa shape index (κ2) is 7.48. The first kappa shape index (κ1) is 19.4. The summed E-state index contributed by atoms with van der Waals surface area (Å²) in [6.45, 7) is 3.78. The Morgan fingerprint density at radius 3 is 2.69 bits per heavy atom. The summed E-state index contributed by atoms with van der Waals surface area (Å²) < 4.78 is 25.4. The molecule has 0 unspecified atom stereocenters. The number of benzene rings is 2. The van der Waals surface area contributed by atoms with E-state index in [4.69, 9.17) is 8.83 Å². The van der Waals surface area contributed by atoms with Crippen LogP contribution in [0.3, 0.4) is 0 Å². The Labute approximate surface area is 173 Å². The van der Waals surface area contributed by atoms with Crippen LogP contribution in [-0.4, -0.2) is 5.91 Å². The van der Waals surface area contributed by atoms with Gasteiger partial charge in [0.2, 0.25) is 5.91 Å². The molecule has 0 aliphatic carbocycles. The van der Waals surface area contributed by atoms with E-state index >= 15 is 0 Å². The highest BCUT2D eigenvalue weighted by Gasteiger charge is 2.16. The van der Waals surface area contributed by atoms with Crippen LogP contribution in [0.4, 0.5) is 10.1 Å². The standard InChI is InChI=1S/C22H17BrFNO4/c1-11-10-28-19-9-20-16(8-15(11)19)12(2)14(22(27)29-20)4-6-21(26)25-18-5-3-13(23)7-17(18)24/h3,5,7-10H,4,6H2,1-2H3,(H,25,26). The van der Waals surface area contributed by atoms with Gasteiger partial charge in [0.25, 0.3) is 0 Å². The molecule has 0 aliphatic rings. The average Bonchev–Trinajstić information content (AvgIpc) is 3.02. The molecule has 2 aromatic heterocycles. The van der Waals surface area contributed by atoms with Gasteiger partial charge in [0.15, 0.2) is 0 Å². The van der Waals surface area contributed by atoms with Crippen molar-refractivity contribution in [1.82, 2.24) is 0 Å². The molecule has 5 nitrogen and oxygen atoms in total. The molecule has 1 amide bonds. The van der Waals surface area contributed by atoms with Crippen LogP contribution >= 0.6 is 15.9 Å². The summed E-state index contributed by atoms with van der Waals surface area (Å²) in [4.78, 5) is 24.7. The quantitative estimate of drug-likeness (QED) is 0.403. The van der Waals surface area contributed by atoms with Crippen LogP contribution in [0.25, 0.3) is 21.9 Å². The fourth-order valence-corrected chi connectivity index (χ4v) is 3.70. The lowest BCUT2D eigenvalue weighted by atomic mass is 10.0. The third-order valence-electron chi connectivity index (χ3n) is 4.98. The fraction of sp³-hybridized carbons (Fsp3) is 0.182. The fourth-order valence-electron chi connectivity index (χ4n) is 3.37. The van der Waals surface area contributed by atoms with Gasteiger partial charge < -0.3 is 14.2 Å². The van der Waals surface area contributed by atoms with Gasteiger partial charge in [-0.25, -0.2) is 9.18 Å². The van der Waals surface area contributed by atoms with Crippen LogP contribution in [0.1, 0.15) is 23.1 Å². The van der Waals surface area contributed by atoms with E-state index in [9.17, 15) is 14.0 Å². The topological polar surface area (TPSA) is 72.5 Å².